The first kappa shape index (κ1) is 13.8. The summed E-state index contributed by atoms with van der Waals surface area (Å²) >= 11 is 0. The van der Waals surface area contributed by atoms with Crippen LogP contribution in [0.15, 0.2) is 23.0 Å². The van der Waals surface area contributed by atoms with Crippen LogP contribution in [-0.2, 0) is 12.7 Å². The third-order valence-electron chi connectivity index (χ3n) is 2.34. The van der Waals surface area contributed by atoms with Gasteiger partial charge in [0.25, 0.3) is 5.56 Å². The molecule has 0 saturated heterocycles. The third kappa shape index (κ3) is 3.89. The number of hydrogen-bond acceptors (Lipinski definition) is 2. The van der Waals surface area contributed by atoms with Crippen molar-refractivity contribution >= 4 is 0 Å². The van der Waals surface area contributed by atoms with Crippen molar-refractivity contribution in [2.24, 2.45) is 0 Å². The van der Waals surface area contributed by atoms with E-state index in [1.807, 2.05) is 0 Å². The topological polar surface area (TPSA) is 42.2 Å². The first-order valence-corrected chi connectivity index (χ1v) is 5.27. The van der Waals surface area contributed by atoms with Crippen LogP contribution in [0.3, 0.4) is 0 Å². The molecule has 3 nitrogen and oxygen atoms in total. The molecule has 1 aromatic heterocycles. The molecule has 0 saturated carbocycles. The van der Waals surface area contributed by atoms with Crippen molar-refractivity contribution in [3.05, 3.63) is 34.2 Å². The van der Waals surface area contributed by atoms with Gasteiger partial charge in [0.05, 0.1) is 6.10 Å². The number of nitrogens with zero attached hydrogens (tertiary/aromatic N) is 1. The Bertz CT molecular complexity index is 423. The van der Waals surface area contributed by atoms with E-state index in [-0.39, 0.29) is 6.54 Å². The summed E-state index contributed by atoms with van der Waals surface area (Å²) < 4.78 is 38.5. The lowest BCUT2D eigenvalue weighted by molar-refractivity contribution is -0.144. The molecule has 0 bridgehead atoms. The van der Waals surface area contributed by atoms with Gasteiger partial charge < -0.3 is 9.67 Å². The summed E-state index contributed by atoms with van der Waals surface area (Å²) in [5.74, 6) is 0. The summed E-state index contributed by atoms with van der Waals surface area (Å²) in [6.07, 6.45) is -4.43. The molecule has 1 N–H and O–H groups in total. The Hall–Kier alpha value is -1.30. The predicted octanol–water partition coefficient (Wildman–Crippen LogP) is 2.03. The molecule has 0 fully saturated rings. The highest BCUT2D eigenvalue weighted by Gasteiger charge is 2.33. The maximum Gasteiger partial charge on any atom is 0.431 e. The number of hydrogen-bond donors (Lipinski definition) is 1. The summed E-state index contributed by atoms with van der Waals surface area (Å²) in [6, 6.07) is 3.07. The average Bonchev–Trinajstić information content (AvgIpc) is 2.18. The molecule has 0 aliphatic heterocycles. The standard InChI is InChI=1S/C11H14F3NO2/c1-8(16)4-3-7-15-9(11(12,13)14)5-2-6-10(15)17/h2,5-6,8,16H,3-4,7H2,1H3. The van der Waals surface area contributed by atoms with Gasteiger partial charge in [-0.25, -0.2) is 0 Å². The third-order valence-corrected chi connectivity index (χ3v) is 2.34. The molecular formula is C11H14F3NO2. The Labute approximate surface area is 96.5 Å². The van der Waals surface area contributed by atoms with Gasteiger partial charge in [-0.3, -0.25) is 4.79 Å². The van der Waals surface area contributed by atoms with Gasteiger partial charge in [-0.15, -0.1) is 0 Å². The van der Waals surface area contributed by atoms with Gasteiger partial charge in [0, 0.05) is 12.6 Å². The Morgan fingerprint density at radius 1 is 1.41 bits per heavy atom. The van der Waals surface area contributed by atoms with Crippen molar-refractivity contribution < 1.29 is 18.3 Å². The Morgan fingerprint density at radius 3 is 2.59 bits per heavy atom. The van der Waals surface area contributed by atoms with E-state index in [0.29, 0.717) is 17.4 Å². The van der Waals surface area contributed by atoms with Gasteiger partial charge in [-0.2, -0.15) is 13.2 Å². The first-order valence-electron chi connectivity index (χ1n) is 5.27. The van der Waals surface area contributed by atoms with Crippen LogP contribution in [0, 0.1) is 0 Å². The number of aliphatic hydroxyl groups is 1. The summed E-state index contributed by atoms with van der Waals surface area (Å²) in [5, 5.41) is 9.02. The van der Waals surface area contributed by atoms with Crippen LogP contribution in [0.1, 0.15) is 25.5 Å². The zero-order valence-corrected chi connectivity index (χ0v) is 9.37. The van der Waals surface area contributed by atoms with E-state index in [2.05, 4.69) is 0 Å². The van der Waals surface area contributed by atoms with Crippen LogP contribution >= 0.6 is 0 Å². The van der Waals surface area contributed by atoms with Crippen molar-refractivity contribution in [1.82, 2.24) is 4.57 Å². The molecule has 1 atom stereocenters. The van der Waals surface area contributed by atoms with E-state index in [1.54, 1.807) is 6.92 Å². The zero-order chi connectivity index (χ0) is 13.1. The van der Waals surface area contributed by atoms with E-state index in [0.717, 1.165) is 18.2 Å². The van der Waals surface area contributed by atoms with E-state index in [4.69, 9.17) is 5.11 Å². The van der Waals surface area contributed by atoms with Crippen molar-refractivity contribution in [3.63, 3.8) is 0 Å². The fourth-order valence-corrected chi connectivity index (χ4v) is 1.54. The number of aromatic nitrogens is 1. The smallest absolute Gasteiger partial charge is 0.393 e. The second kappa shape index (κ2) is 5.35. The van der Waals surface area contributed by atoms with Gasteiger partial charge >= 0.3 is 6.18 Å². The first-order chi connectivity index (χ1) is 7.82. The summed E-state index contributed by atoms with van der Waals surface area (Å²) in [5.41, 5.74) is -1.62. The maximum atomic E-state index is 12.6. The Kier molecular flexibility index (Phi) is 4.34. The fourth-order valence-electron chi connectivity index (χ4n) is 1.54. The van der Waals surface area contributed by atoms with Crippen molar-refractivity contribution in [2.45, 2.75) is 38.6 Å². The van der Waals surface area contributed by atoms with Gasteiger partial charge in [0.15, 0.2) is 0 Å². The van der Waals surface area contributed by atoms with Crippen LogP contribution in [0.25, 0.3) is 0 Å². The van der Waals surface area contributed by atoms with Gasteiger partial charge in [-0.05, 0) is 25.8 Å². The normalized spacial score (nSPS) is 13.7. The van der Waals surface area contributed by atoms with Crippen molar-refractivity contribution in [3.8, 4) is 0 Å². The summed E-state index contributed by atoms with van der Waals surface area (Å²) in [6.45, 7) is 1.51. The lowest BCUT2D eigenvalue weighted by Crippen LogP contribution is -2.27. The monoisotopic (exact) mass is 249 g/mol. The molecule has 1 rings (SSSR count). The minimum Gasteiger partial charge on any atom is -0.393 e. The zero-order valence-electron chi connectivity index (χ0n) is 9.37. The minimum absolute atomic E-state index is 0.0422. The quantitative estimate of drug-likeness (QED) is 0.887. The minimum atomic E-state index is -4.54. The predicted molar refractivity (Wildman–Crippen MR) is 56.6 cm³/mol. The highest BCUT2D eigenvalue weighted by Crippen LogP contribution is 2.28. The molecule has 0 amide bonds. The highest BCUT2D eigenvalue weighted by atomic mass is 19.4. The molecule has 0 radical (unpaired) electrons. The molecule has 1 heterocycles. The fraction of sp³-hybridized carbons (Fsp3) is 0.545. The Balaban J connectivity index is 2.93. The van der Waals surface area contributed by atoms with Crippen LogP contribution in [0.4, 0.5) is 13.2 Å². The molecule has 6 heteroatoms. The average molecular weight is 249 g/mol. The second-order valence-corrected chi connectivity index (χ2v) is 3.89. The van der Waals surface area contributed by atoms with Crippen LogP contribution in [0.2, 0.25) is 0 Å². The van der Waals surface area contributed by atoms with Crippen molar-refractivity contribution in [2.75, 3.05) is 0 Å². The van der Waals surface area contributed by atoms with Crippen LogP contribution in [0.5, 0.6) is 0 Å². The number of aliphatic hydroxyl groups excluding tert-OH is 1. The van der Waals surface area contributed by atoms with Gasteiger partial charge in [0.1, 0.15) is 5.69 Å². The molecule has 0 spiro atoms. The van der Waals surface area contributed by atoms with Gasteiger partial charge in [0.2, 0.25) is 0 Å². The SMILES string of the molecule is CC(O)CCCn1c(C(F)(F)F)cccc1=O. The maximum absolute atomic E-state index is 12.6. The summed E-state index contributed by atoms with van der Waals surface area (Å²) in [7, 11) is 0. The van der Waals surface area contributed by atoms with E-state index < -0.39 is 23.5 Å². The van der Waals surface area contributed by atoms with Crippen LogP contribution < -0.4 is 5.56 Å². The Morgan fingerprint density at radius 2 is 2.06 bits per heavy atom. The molecule has 1 aromatic rings. The van der Waals surface area contributed by atoms with Gasteiger partial charge in [-0.1, -0.05) is 6.07 Å². The molecular weight excluding hydrogens is 235 g/mol. The lowest BCUT2D eigenvalue weighted by Gasteiger charge is -2.15. The number of pyridine rings is 1. The van der Waals surface area contributed by atoms with E-state index in [9.17, 15) is 18.0 Å². The molecule has 1 unspecified atom stereocenters. The molecule has 96 valence electrons. The number of halogens is 3. The molecule has 0 aromatic carbocycles. The number of alkyl halides is 3. The lowest BCUT2D eigenvalue weighted by atomic mass is 10.2. The van der Waals surface area contributed by atoms with Crippen LogP contribution in [-0.4, -0.2) is 15.8 Å². The second-order valence-electron chi connectivity index (χ2n) is 3.89. The molecule has 0 aliphatic carbocycles. The van der Waals surface area contributed by atoms with E-state index >= 15 is 0 Å². The highest BCUT2D eigenvalue weighted by molar-refractivity contribution is 5.10. The molecule has 17 heavy (non-hydrogen) atoms. The largest absolute Gasteiger partial charge is 0.431 e. The summed E-state index contributed by atoms with van der Waals surface area (Å²) in [4.78, 5) is 11.4. The van der Waals surface area contributed by atoms with E-state index in [1.165, 1.54) is 0 Å². The molecule has 0 aliphatic rings. The number of rotatable bonds is 4. The van der Waals surface area contributed by atoms with Crippen molar-refractivity contribution in [1.29, 1.82) is 0 Å².